The standard InChI is InChI=1S/C16H27NS/c1-14-8-9-15(2)16(12-14)13-17-10-6-4-5-7-11-18-3/h8-9,12,17H,4-7,10-11,13H2,1-3H3. The second-order valence-electron chi connectivity index (χ2n) is 5.01. The number of unbranched alkanes of at least 4 members (excludes halogenated alkanes) is 3. The molecule has 0 aromatic heterocycles. The van der Waals surface area contributed by atoms with Crippen LogP contribution in [-0.2, 0) is 6.54 Å². The first-order valence-corrected chi connectivity index (χ1v) is 8.39. The number of thioether (sulfide) groups is 1. The summed E-state index contributed by atoms with van der Waals surface area (Å²) in [5, 5.41) is 3.56. The second kappa shape index (κ2) is 9.46. The van der Waals surface area contributed by atoms with Gasteiger partial charge in [0.2, 0.25) is 0 Å². The predicted octanol–water partition coefficient (Wildman–Crippen LogP) is 4.32. The fourth-order valence-corrected chi connectivity index (χ4v) is 2.56. The van der Waals surface area contributed by atoms with Gasteiger partial charge in [-0.2, -0.15) is 11.8 Å². The maximum atomic E-state index is 3.56. The Morgan fingerprint density at radius 3 is 2.61 bits per heavy atom. The van der Waals surface area contributed by atoms with Gasteiger partial charge < -0.3 is 5.32 Å². The molecule has 1 N–H and O–H groups in total. The van der Waals surface area contributed by atoms with Crippen molar-refractivity contribution in [2.24, 2.45) is 0 Å². The fraction of sp³-hybridized carbons (Fsp3) is 0.625. The average molecular weight is 265 g/mol. The lowest BCUT2D eigenvalue weighted by Crippen LogP contribution is -2.15. The predicted molar refractivity (Wildman–Crippen MR) is 84.5 cm³/mol. The molecular formula is C16H27NS. The minimum absolute atomic E-state index is 1.01. The monoisotopic (exact) mass is 265 g/mol. The van der Waals surface area contributed by atoms with Crippen LogP contribution in [-0.4, -0.2) is 18.6 Å². The molecule has 1 aromatic carbocycles. The maximum Gasteiger partial charge on any atom is 0.0208 e. The van der Waals surface area contributed by atoms with Gasteiger partial charge in [-0.1, -0.05) is 36.6 Å². The topological polar surface area (TPSA) is 12.0 Å². The van der Waals surface area contributed by atoms with E-state index in [1.165, 1.54) is 48.1 Å². The molecule has 1 aromatic rings. The summed E-state index contributed by atoms with van der Waals surface area (Å²) in [5.41, 5.74) is 4.19. The van der Waals surface area contributed by atoms with Gasteiger partial charge in [-0.3, -0.25) is 0 Å². The Kier molecular flexibility index (Phi) is 8.19. The molecule has 0 fully saturated rings. The van der Waals surface area contributed by atoms with Crippen molar-refractivity contribution < 1.29 is 0 Å². The van der Waals surface area contributed by atoms with E-state index in [4.69, 9.17) is 0 Å². The lowest BCUT2D eigenvalue weighted by molar-refractivity contribution is 0.598. The third-order valence-electron chi connectivity index (χ3n) is 3.27. The van der Waals surface area contributed by atoms with Crippen molar-refractivity contribution in [1.29, 1.82) is 0 Å². The fourth-order valence-electron chi connectivity index (χ4n) is 2.06. The normalized spacial score (nSPS) is 10.8. The van der Waals surface area contributed by atoms with E-state index in [1.54, 1.807) is 0 Å². The van der Waals surface area contributed by atoms with Gasteiger partial charge in [0.05, 0.1) is 0 Å². The van der Waals surface area contributed by atoms with Gasteiger partial charge in [0.25, 0.3) is 0 Å². The summed E-state index contributed by atoms with van der Waals surface area (Å²) in [4.78, 5) is 0. The molecule has 18 heavy (non-hydrogen) atoms. The average Bonchev–Trinajstić information content (AvgIpc) is 2.36. The summed E-state index contributed by atoms with van der Waals surface area (Å²) >= 11 is 1.95. The third-order valence-corrected chi connectivity index (χ3v) is 3.97. The van der Waals surface area contributed by atoms with E-state index < -0.39 is 0 Å². The molecule has 0 unspecified atom stereocenters. The van der Waals surface area contributed by atoms with Gasteiger partial charge in [0, 0.05) is 6.54 Å². The van der Waals surface area contributed by atoms with Crippen molar-refractivity contribution in [3.8, 4) is 0 Å². The molecule has 0 heterocycles. The molecule has 1 nitrogen and oxygen atoms in total. The molecule has 0 aliphatic carbocycles. The lowest BCUT2D eigenvalue weighted by Gasteiger charge is -2.08. The molecular weight excluding hydrogens is 238 g/mol. The summed E-state index contributed by atoms with van der Waals surface area (Å²) in [7, 11) is 0. The Morgan fingerprint density at radius 2 is 1.83 bits per heavy atom. The van der Waals surface area contributed by atoms with Gasteiger partial charge in [0.15, 0.2) is 0 Å². The van der Waals surface area contributed by atoms with Crippen molar-refractivity contribution >= 4 is 11.8 Å². The van der Waals surface area contributed by atoms with Crippen LogP contribution < -0.4 is 5.32 Å². The van der Waals surface area contributed by atoms with Crippen LogP contribution in [0.4, 0.5) is 0 Å². The molecule has 0 saturated carbocycles. The Hall–Kier alpha value is -0.470. The van der Waals surface area contributed by atoms with E-state index in [2.05, 4.69) is 43.6 Å². The van der Waals surface area contributed by atoms with Gasteiger partial charge in [-0.25, -0.2) is 0 Å². The first-order valence-electron chi connectivity index (χ1n) is 7.00. The van der Waals surface area contributed by atoms with E-state index >= 15 is 0 Å². The van der Waals surface area contributed by atoms with Crippen LogP contribution in [0.3, 0.4) is 0 Å². The Morgan fingerprint density at radius 1 is 1.06 bits per heavy atom. The van der Waals surface area contributed by atoms with Crippen molar-refractivity contribution in [2.45, 2.75) is 46.1 Å². The van der Waals surface area contributed by atoms with Crippen LogP contribution in [0.2, 0.25) is 0 Å². The van der Waals surface area contributed by atoms with E-state index in [0.717, 1.165) is 13.1 Å². The number of nitrogens with one attached hydrogen (secondary N) is 1. The third kappa shape index (κ3) is 6.46. The number of hydrogen-bond acceptors (Lipinski definition) is 2. The van der Waals surface area contributed by atoms with Crippen LogP contribution in [0.1, 0.15) is 42.4 Å². The molecule has 0 bridgehead atoms. The quantitative estimate of drug-likeness (QED) is 0.668. The van der Waals surface area contributed by atoms with Crippen LogP contribution in [0.25, 0.3) is 0 Å². The number of rotatable bonds is 9. The van der Waals surface area contributed by atoms with E-state index in [0.29, 0.717) is 0 Å². The molecule has 0 saturated heterocycles. The highest BCUT2D eigenvalue weighted by Crippen LogP contribution is 2.10. The molecule has 0 radical (unpaired) electrons. The zero-order valence-corrected chi connectivity index (χ0v) is 12.9. The highest BCUT2D eigenvalue weighted by atomic mass is 32.2. The van der Waals surface area contributed by atoms with Crippen LogP contribution in [0, 0.1) is 13.8 Å². The Labute approximate surface area is 117 Å². The zero-order valence-electron chi connectivity index (χ0n) is 12.1. The largest absolute Gasteiger partial charge is 0.313 e. The minimum atomic E-state index is 1.01. The summed E-state index contributed by atoms with van der Waals surface area (Å²) in [5.74, 6) is 1.32. The molecule has 102 valence electrons. The molecule has 1 rings (SSSR count). The molecule has 0 amide bonds. The van der Waals surface area contributed by atoms with Gasteiger partial charge in [-0.05, 0) is 56.4 Å². The van der Waals surface area contributed by atoms with E-state index in [9.17, 15) is 0 Å². The Bertz CT molecular complexity index is 336. The maximum absolute atomic E-state index is 3.56. The highest BCUT2D eigenvalue weighted by molar-refractivity contribution is 7.98. The van der Waals surface area contributed by atoms with Gasteiger partial charge >= 0.3 is 0 Å². The van der Waals surface area contributed by atoms with Crippen molar-refractivity contribution in [1.82, 2.24) is 5.32 Å². The number of hydrogen-bond donors (Lipinski definition) is 1. The lowest BCUT2D eigenvalue weighted by atomic mass is 10.1. The van der Waals surface area contributed by atoms with Crippen molar-refractivity contribution in [2.75, 3.05) is 18.6 Å². The molecule has 0 aliphatic heterocycles. The zero-order chi connectivity index (χ0) is 13.2. The van der Waals surface area contributed by atoms with E-state index in [-0.39, 0.29) is 0 Å². The highest BCUT2D eigenvalue weighted by Gasteiger charge is 1.98. The molecule has 0 atom stereocenters. The molecule has 0 spiro atoms. The van der Waals surface area contributed by atoms with Crippen LogP contribution >= 0.6 is 11.8 Å². The van der Waals surface area contributed by atoms with Crippen LogP contribution in [0.15, 0.2) is 18.2 Å². The van der Waals surface area contributed by atoms with Gasteiger partial charge in [-0.15, -0.1) is 0 Å². The minimum Gasteiger partial charge on any atom is -0.313 e. The summed E-state index contributed by atoms with van der Waals surface area (Å²) in [6, 6.07) is 6.69. The second-order valence-corrected chi connectivity index (χ2v) is 6.00. The number of aryl methyl sites for hydroxylation is 2. The molecule has 0 aliphatic rings. The smallest absolute Gasteiger partial charge is 0.0208 e. The summed E-state index contributed by atoms with van der Waals surface area (Å²) < 4.78 is 0. The van der Waals surface area contributed by atoms with Gasteiger partial charge in [0.1, 0.15) is 0 Å². The van der Waals surface area contributed by atoms with Crippen molar-refractivity contribution in [3.05, 3.63) is 34.9 Å². The van der Waals surface area contributed by atoms with E-state index in [1.807, 2.05) is 11.8 Å². The first kappa shape index (κ1) is 15.6. The summed E-state index contributed by atoms with van der Waals surface area (Å²) in [6.45, 7) is 6.51. The van der Waals surface area contributed by atoms with Crippen molar-refractivity contribution in [3.63, 3.8) is 0 Å². The summed E-state index contributed by atoms with van der Waals surface area (Å²) in [6.07, 6.45) is 7.61. The Balaban J connectivity index is 2.09. The van der Waals surface area contributed by atoms with Crippen LogP contribution in [0.5, 0.6) is 0 Å². The molecule has 2 heteroatoms. The first-order chi connectivity index (χ1) is 8.74. The number of benzene rings is 1. The SMILES string of the molecule is CSCCCCCCNCc1cc(C)ccc1C.